The topological polar surface area (TPSA) is 67.5 Å². The molecule has 0 aliphatic carbocycles. The van der Waals surface area contributed by atoms with Crippen molar-refractivity contribution in [3.63, 3.8) is 0 Å². The van der Waals surface area contributed by atoms with Gasteiger partial charge in [-0.25, -0.2) is 4.39 Å². The molecule has 0 saturated carbocycles. The van der Waals surface area contributed by atoms with Crippen molar-refractivity contribution in [1.29, 1.82) is 5.26 Å². The van der Waals surface area contributed by atoms with E-state index in [0.717, 1.165) is 5.56 Å². The number of hydrogen-bond donors (Lipinski definition) is 2. The third-order valence-corrected chi connectivity index (χ3v) is 4.39. The van der Waals surface area contributed by atoms with Crippen molar-refractivity contribution in [2.24, 2.45) is 0 Å². The van der Waals surface area contributed by atoms with Gasteiger partial charge in [0.15, 0.2) is 0 Å². The molecule has 25 heavy (non-hydrogen) atoms. The molecule has 0 aliphatic rings. The molecule has 2 N–H and O–H groups in total. The molecule has 0 fully saturated rings. The normalized spacial score (nSPS) is 13.5. The lowest BCUT2D eigenvalue weighted by Crippen LogP contribution is -2.21. The molecule has 0 unspecified atom stereocenters. The smallest absolute Gasteiger partial charge is 0.123 e. The maximum Gasteiger partial charge on any atom is 0.123 e. The number of nitrogens with zero attached hydrogens (tertiary/aromatic N) is 2. The molecule has 0 saturated heterocycles. The third-order valence-electron chi connectivity index (χ3n) is 4.39. The molecule has 2 aromatic carbocycles. The summed E-state index contributed by atoms with van der Waals surface area (Å²) in [6.45, 7) is -0.225. The van der Waals surface area contributed by atoms with Crippen molar-refractivity contribution in [3.8, 4) is 6.07 Å². The van der Waals surface area contributed by atoms with E-state index < -0.39 is 6.10 Å². The van der Waals surface area contributed by atoms with Crippen LogP contribution in [0.25, 0.3) is 0 Å². The molecule has 0 amide bonds. The molecule has 2 rings (SSSR count). The minimum atomic E-state index is -0.738. The lowest BCUT2D eigenvalue weighted by atomic mass is 9.93. The van der Waals surface area contributed by atoms with Gasteiger partial charge in [0, 0.05) is 6.04 Å². The Kier molecular flexibility index (Phi) is 6.65. The number of halogens is 1. The van der Waals surface area contributed by atoms with Gasteiger partial charge in [0.25, 0.3) is 0 Å². The highest BCUT2D eigenvalue weighted by atomic mass is 19.1. The SMILES string of the molecule is CN(C)[C@@H](CC[C@H](O)c1ccc(C#N)cc1CO)c1ccc(F)cc1. The van der Waals surface area contributed by atoms with Crippen LogP contribution in [0.3, 0.4) is 0 Å². The summed E-state index contributed by atoms with van der Waals surface area (Å²) in [5.41, 5.74) is 2.64. The Labute approximate surface area is 147 Å². The molecule has 2 aromatic rings. The fourth-order valence-electron chi connectivity index (χ4n) is 3.02. The molecule has 0 radical (unpaired) electrons. The fourth-order valence-corrected chi connectivity index (χ4v) is 3.02. The Bertz CT molecular complexity index is 738. The molecular formula is C20H23FN2O2. The van der Waals surface area contributed by atoms with Crippen molar-refractivity contribution in [1.82, 2.24) is 4.90 Å². The van der Waals surface area contributed by atoms with Crippen molar-refractivity contribution in [3.05, 3.63) is 70.5 Å². The van der Waals surface area contributed by atoms with Gasteiger partial charge in [-0.15, -0.1) is 0 Å². The number of aliphatic hydroxyl groups is 2. The summed E-state index contributed by atoms with van der Waals surface area (Å²) in [5, 5.41) is 29.0. The van der Waals surface area contributed by atoms with Crippen LogP contribution >= 0.6 is 0 Å². The summed E-state index contributed by atoms with van der Waals surface area (Å²) < 4.78 is 13.1. The predicted molar refractivity (Wildman–Crippen MR) is 94.1 cm³/mol. The molecule has 132 valence electrons. The minimum absolute atomic E-state index is 0.0474. The van der Waals surface area contributed by atoms with Crippen LogP contribution < -0.4 is 0 Å². The summed E-state index contributed by atoms with van der Waals surface area (Å²) in [4.78, 5) is 2.03. The first-order valence-corrected chi connectivity index (χ1v) is 8.20. The van der Waals surface area contributed by atoms with E-state index in [4.69, 9.17) is 5.26 Å². The van der Waals surface area contributed by atoms with Crippen LogP contribution in [0.15, 0.2) is 42.5 Å². The quantitative estimate of drug-likeness (QED) is 0.810. The van der Waals surface area contributed by atoms with Gasteiger partial charge in [0.1, 0.15) is 5.82 Å². The van der Waals surface area contributed by atoms with Crippen LogP contribution in [-0.2, 0) is 6.61 Å². The van der Waals surface area contributed by atoms with Crippen molar-refractivity contribution in [2.45, 2.75) is 31.6 Å². The Morgan fingerprint density at radius 2 is 1.80 bits per heavy atom. The summed E-state index contributed by atoms with van der Waals surface area (Å²) in [6.07, 6.45) is 0.418. The third kappa shape index (κ3) is 4.86. The summed E-state index contributed by atoms with van der Waals surface area (Å²) in [6, 6.07) is 13.4. The highest BCUT2D eigenvalue weighted by Crippen LogP contribution is 2.30. The van der Waals surface area contributed by atoms with E-state index in [1.54, 1.807) is 30.3 Å². The van der Waals surface area contributed by atoms with Gasteiger partial charge in [0.05, 0.1) is 24.3 Å². The second-order valence-corrected chi connectivity index (χ2v) is 6.31. The van der Waals surface area contributed by atoms with Gasteiger partial charge in [-0.3, -0.25) is 0 Å². The Balaban J connectivity index is 2.12. The molecule has 0 bridgehead atoms. The molecule has 4 nitrogen and oxygen atoms in total. The molecule has 0 heterocycles. The van der Waals surface area contributed by atoms with Gasteiger partial charge in [-0.2, -0.15) is 5.26 Å². The minimum Gasteiger partial charge on any atom is -0.392 e. The maximum atomic E-state index is 13.1. The van der Waals surface area contributed by atoms with Crippen LogP contribution in [0.5, 0.6) is 0 Å². The second kappa shape index (κ2) is 8.72. The van der Waals surface area contributed by atoms with E-state index in [-0.39, 0.29) is 18.5 Å². The van der Waals surface area contributed by atoms with Crippen molar-refractivity contribution in [2.75, 3.05) is 14.1 Å². The largest absolute Gasteiger partial charge is 0.392 e. The second-order valence-electron chi connectivity index (χ2n) is 6.31. The Morgan fingerprint density at radius 3 is 2.36 bits per heavy atom. The van der Waals surface area contributed by atoms with E-state index in [2.05, 4.69) is 0 Å². The van der Waals surface area contributed by atoms with Crippen LogP contribution in [0.2, 0.25) is 0 Å². The van der Waals surface area contributed by atoms with Crippen LogP contribution in [-0.4, -0.2) is 29.2 Å². The van der Waals surface area contributed by atoms with Gasteiger partial charge < -0.3 is 15.1 Å². The van der Waals surface area contributed by atoms with Gasteiger partial charge in [-0.05, 0) is 67.9 Å². The van der Waals surface area contributed by atoms with Crippen LogP contribution in [0, 0.1) is 17.1 Å². The van der Waals surface area contributed by atoms with Gasteiger partial charge >= 0.3 is 0 Å². The van der Waals surface area contributed by atoms with Gasteiger partial charge in [-0.1, -0.05) is 18.2 Å². The zero-order valence-electron chi connectivity index (χ0n) is 14.5. The van der Waals surface area contributed by atoms with Crippen LogP contribution in [0.1, 0.15) is 47.2 Å². The maximum absolute atomic E-state index is 13.1. The number of benzene rings is 2. The van der Waals surface area contributed by atoms with E-state index in [1.807, 2.05) is 25.1 Å². The lowest BCUT2D eigenvalue weighted by molar-refractivity contribution is 0.144. The molecule has 2 atom stereocenters. The standard InChI is InChI=1S/C20H23FN2O2/c1-23(2)19(15-4-6-17(21)7-5-15)9-10-20(25)18-8-3-14(12-22)11-16(18)13-24/h3-8,11,19-20,24-25H,9-10,13H2,1-2H3/t19-,20-/m0/s1. The number of aliphatic hydroxyl groups excluding tert-OH is 2. The number of nitriles is 1. The first-order chi connectivity index (χ1) is 12.0. The highest BCUT2D eigenvalue weighted by Gasteiger charge is 2.19. The molecule has 0 aliphatic heterocycles. The zero-order chi connectivity index (χ0) is 18.4. The fraction of sp³-hybridized carbons (Fsp3) is 0.350. The number of rotatable bonds is 7. The predicted octanol–water partition coefficient (Wildman–Crippen LogP) is 3.31. The first kappa shape index (κ1) is 19.1. The van der Waals surface area contributed by atoms with Crippen molar-refractivity contribution >= 4 is 0 Å². The molecule has 0 spiro atoms. The van der Waals surface area contributed by atoms with Crippen LogP contribution in [0.4, 0.5) is 4.39 Å². The summed E-state index contributed by atoms with van der Waals surface area (Å²) in [5.74, 6) is -0.272. The summed E-state index contributed by atoms with van der Waals surface area (Å²) in [7, 11) is 3.89. The van der Waals surface area contributed by atoms with E-state index >= 15 is 0 Å². The average Bonchev–Trinajstić information content (AvgIpc) is 2.62. The highest BCUT2D eigenvalue weighted by molar-refractivity contribution is 5.39. The van der Waals surface area contributed by atoms with Gasteiger partial charge in [0.2, 0.25) is 0 Å². The Morgan fingerprint density at radius 1 is 1.12 bits per heavy atom. The van der Waals surface area contributed by atoms with E-state index in [9.17, 15) is 14.6 Å². The lowest BCUT2D eigenvalue weighted by Gasteiger charge is -2.26. The van der Waals surface area contributed by atoms with Crippen molar-refractivity contribution < 1.29 is 14.6 Å². The Hall–Kier alpha value is -2.26. The first-order valence-electron chi connectivity index (χ1n) is 8.20. The number of hydrogen-bond acceptors (Lipinski definition) is 4. The monoisotopic (exact) mass is 342 g/mol. The molecule has 5 heteroatoms. The van der Waals surface area contributed by atoms with E-state index in [0.29, 0.717) is 29.5 Å². The molecule has 0 aromatic heterocycles. The average molecular weight is 342 g/mol. The molecular weight excluding hydrogens is 319 g/mol. The van der Waals surface area contributed by atoms with E-state index in [1.165, 1.54) is 12.1 Å². The zero-order valence-corrected chi connectivity index (χ0v) is 14.5. The summed E-state index contributed by atoms with van der Waals surface area (Å²) >= 11 is 0.